The fourth-order valence-electron chi connectivity index (χ4n) is 2.89. The van der Waals surface area contributed by atoms with Crippen molar-refractivity contribution < 1.29 is 14.3 Å². The first-order valence-electron chi connectivity index (χ1n) is 8.42. The number of carbonyl (C=O) groups is 1. The van der Waals surface area contributed by atoms with E-state index >= 15 is 0 Å². The van der Waals surface area contributed by atoms with Crippen LogP contribution >= 0.6 is 0 Å². The molecule has 0 fully saturated rings. The second-order valence-electron chi connectivity index (χ2n) is 6.16. The largest absolute Gasteiger partial charge is 0.497 e. The minimum Gasteiger partial charge on any atom is -0.497 e. The summed E-state index contributed by atoms with van der Waals surface area (Å²) < 4.78 is 12.7. The molecule has 1 amide bonds. The summed E-state index contributed by atoms with van der Waals surface area (Å²) in [6.45, 7) is 0.197. The standard InChI is InChI=1S/C19H20N4O5/c1-22-16-14(18(25)23(2)19(22)26)8-12(10-20-16)17(24)21-9-11-7-13(27-3)5-6-15(11)28-4/h5-8,10H,9H2,1-4H3,(H,21,24). The van der Waals surface area contributed by atoms with Crippen molar-refractivity contribution in [1.29, 1.82) is 0 Å². The van der Waals surface area contributed by atoms with E-state index in [-0.39, 0.29) is 23.1 Å². The lowest BCUT2D eigenvalue weighted by Gasteiger charge is -2.12. The molecule has 0 atom stereocenters. The molecule has 9 heteroatoms. The second kappa shape index (κ2) is 7.55. The third-order valence-electron chi connectivity index (χ3n) is 4.48. The lowest BCUT2D eigenvalue weighted by molar-refractivity contribution is 0.0950. The third-order valence-corrected chi connectivity index (χ3v) is 4.48. The Labute approximate surface area is 160 Å². The number of aromatic nitrogens is 3. The fraction of sp³-hybridized carbons (Fsp3) is 0.263. The van der Waals surface area contributed by atoms with Crippen molar-refractivity contribution in [2.75, 3.05) is 14.2 Å². The van der Waals surface area contributed by atoms with Crippen molar-refractivity contribution in [3.8, 4) is 11.5 Å². The molecular formula is C19H20N4O5. The van der Waals surface area contributed by atoms with Gasteiger partial charge < -0.3 is 14.8 Å². The summed E-state index contributed by atoms with van der Waals surface area (Å²) in [6, 6.07) is 6.71. The van der Waals surface area contributed by atoms with Crippen LogP contribution in [0.5, 0.6) is 11.5 Å². The lowest BCUT2D eigenvalue weighted by atomic mass is 10.1. The zero-order chi connectivity index (χ0) is 20.4. The number of ether oxygens (including phenoxy) is 2. The van der Waals surface area contributed by atoms with E-state index in [1.165, 1.54) is 30.9 Å². The number of carbonyl (C=O) groups excluding carboxylic acids is 1. The third kappa shape index (κ3) is 3.34. The van der Waals surface area contributed by atoms with Gasteiger partial charge in [-0.3, -0.25) is 18.7 Å². The minimum absolute atomic E-state index is 0.191. The fourth-order valence-corrected chi connectivity index (χ4v) is 2.89. The number of hydrogen-bond acceptors (Lipinski definition) is 6. The maximum Gasteiger partial charge on any atom is 0.332 e. The van der Waals surface area contributed by atoms with Gasteiger partial charge in [-0.1, -0.05) is 0 Å². The first-order valence-corrected chi connectivity index (χ1v) is 8.42. The maximum absolute atomic E-state index is 12.6. The van der Waals surface area contributed by atoms with E-state index in [2.05, 4.69) is 10.3 Å². The van der Waals surface area contributed by atoms with E-state index in [0.29, 0.717) is 11.5 Å². The molecule has 0 radical (unpaired) electrons. The Kier molecular flexibility index (Phi) is 5.16. The highest BCUT2D eigenvalue weighted by Crippen LogP contribution is 2.23. The van der Waals surface area contributed by atoms with Crippen molar-refractivity contribution in [3.63, 3.8) is 0 Å². The Morgan fingerprint density at radius 3 is 2.54 bits per heavy atom. The molecule has 3 aromatic rings. The van der Waals surface area contributed by atoms with Crippen molar-refractivity contribution >= 4 is 16.9 Å². The molecule has 0 bridgehead atoms. The Morgan fingerprint density at radius 2 is 1.86 bits per heavy atom. The number of nitrogens with zero attached hydrogens (tertiary/aromatic N) is 3. The highest BCUT2D eigenvalue weighted by atomic mass is 16.5. The summed E-state index contributed by atoms with van der Waals surface area (Å²) in [5, 5.41) is 2.97. The Hall–Kier alpha value is -3.62. The molecule has 9 nitrogen and oxygen atoms in total. The normalized spacial score (nSPS) is 10.7. The predicted octanol–water partition coefficient (Wildman–Crippen LogP) is 0.579. The minimum atomic E-state index is -0.505. The number of hydrogen-bond donors (Lipinski definition) is 1. The van der Waals surface area contributed by atoms with Crippen molar-refractivity contribution in [2.45, 2.75) is 6.54 Å². The number of nitrogens with one attached hydrogen (secondary N) is 1. The molecule has 146 valence electrons. The Morgan fingerprint density at radius 1 is 1.11 bits per heavy atom. The molecule has 0 aliphatic carbocycles. The molecule has 0 spiro atoms. The maximum atomic E-state index is 12.6. The van der Waals surface area contributed by atoms with Gasteiger partial charge in [0.1, 0.15) is 17.1 Å². The number of fused-ring (bicyclic) bond motifs is 1. The van der Waals surface area contributed by atoms with Gasteiger partial charge in [-0.05, 0) is 24.3 Å². The van der Waals surface area contributed by atoms with Crippen LogP contribution in [0.2, 0.25) is 0 Å². The molecule has 2 aromatic heterocycles. The summed E-state index contributed by atoms with van der Waals surface area (Å²) in [5.41, 5.74) is 0.188. The van der Waals surface area contributed by atoms with E-state index in [0.717, 1.165) is 10.1 Å². The van der Waals surface area contributed by atoms with Crippen molar-refractivity contribution in [1.82, 2.24) is 19.4 Å². The second-order valence-corrected chi connectivity index (χ2v) is 6.16. The SMILES string of the molecule is COc1ccc(OC)c(CNC(=O)c2cnc3c(c2)c(=O)n(C)c(=O)n3C)c1. The number of pyridine rings is 1. The van der Waals surface area contributed by atoms with Crippen LogP contribution in [0, 0.1) is 0 Å². The van der Waals surface area contributed by atoms with Crippen LogP contribution in [0.1, 0.15) is 15.9 Å². The van der Waals surface area contributed by atoms with Crippen LogP contribution in [-0.4, -0.2) is 34.2 Å². The topological polar surface area (TPSA) is 104 Å². The zero-order valence-corrected chi connectivity index (χ0v) is 16.0. The van der Waals surface area contributed by atoms with Gasteiger partial charge >= 0.3 is 5.69 Å². The van der Waals surface area contributed by atoms with E-state index in [9.17, 15) is 14.4 Å². The number of aryl methyl sites for hydroxylation is 1. The molecule has 3 rings (SSSR count). The molecule has 0 aliphatic heterocycles. The number of methoxy groups -OCH3 is 2. The van der Waals surface area contributed by atoms with Gasteiger partial charge in [0.15, 0.2) is 0 Å². The van der Waals surface area contributed by atoms with Gasteiger partial charge in [0.2, 0.25) is 0 Å². The van der Waals surface area contributed by atoms with Crippen LogP contribution in [0.4, 0.5) is 0 Å². The van der Waals surface area contributed by atoms with Gasteiger partial charge in [0, 0.05) is 32.4 Å². The van der Waals surface area contributed by atoms with Crippen molar-refractivity contribution in [2.24, 2.45) is 14.1 Å². The van der Waals surface area contributed by atoms with E-state index in [1.54, 1.807) is 32.4 Å². The average molecular weight is 384 g/mol. The van der Waals surface area contributed by atoms with E-state index in [4.69, 9.17) is 9.47 Å². The lowest BCUT2D eigenvalue weighted by Crippen LogP contribution is -2.37. The molecule has 0 saturated carbocycles. The van der Waals surface area contributed by atoms with Gasteiger partial charge in [0.25, 0.3) is 11.5 Å². The number of rotatable bonds is 5. The summed E-state index contributed by atoms with van der Waals surface area (Å²) in [4.78, 5) is 41.0. The van der Waals surface area contributed by atoms with Gasteiger partial charge in [0.05, 0.1) is 25.2 Å². The summed E-state index contributed by atoms with van der Waals surface area (Å²) in [6.07, 6.45) is 1.33. The molecular weight excluding hydrogens is 364 g/mol. The van der Waals surface area contributed by atoms with Gasteiger partial charge in [-0.25, -0.2) is 9.78 Å². The first kappa shape index (κ1) is 19.2. The number of amides is 1. The van der Waals surface area contributed by atoms with Crippen LogP contribution in [0.3, 0.4) is 0 Å². The van der Waals surface area contributed by atoms with Crippen LogP contribution in [0.25, 0.3) is 11.0 Å². The predicted molar refractivity (Wildman–Crippen MR) is 103 cm³/mol. The molecule has 1 N–H and O–H groups in total. The smallest absolute Gasteiger partial charge is 0.332 e. The van der Waals surface area contributed by atoms with Crippen LogP contribution in [-0.2, 0) is 20.6 Å². The molecule has 0 saturated heterocycles. The first-order chi connectivity index (χ1) is 13.4. The highest BCUT2D eigenvalue weighted by molar-refractivity contribution is 5.96. The molecule has 1 aromatic carbocycles. The van der Waals surface area contributed by atoms with E-state index in [1.807, 2.05) is 0 Å². The molecule has 0 aliphatic rings. The Balaban J connectivity index is 1.91. The van der Waals surface area contributed by atoms with Crippen LogP contribution < -0.4 is 26.0 Å². The summed E-state index contributed by atoms with van der Waals surface area (Å²) in [7, 11) is 6.00. The van der Waals surface area contributed by atoms with Crippen molar-refractivity contribution in [3.05, 3.63) is 62.4 Å². The van der Waals surface area contributed by atoms with E-state index < -0.39 is 17.2 Å². The van der Waals surface area contributed by atoms with Gasteiger partial charge in [-0.15, -0.1) is 0 Å². The monoisotopic (exact) mass is 384 g/mol. The number of benzene rings is 1. The molecule has 28 heavy (non-hydrogen) atoms. The quantitative estimate of drug-likeness (QED) is 0.690. The Bertz CT molecular complexity index is 1180. The van der Waals surface area contributed by atoms with Gasteiger partial charge in [-0.2, -0.15) is 0 Å². The summed E-state index contributed by atoms with van der Waals surface area (Å²) in [5.74, 6) is 0.846. The zero-order valence-electron chi connectivity index (χ0n) is 16.0. The van der Waals surface area contributed by atoms with Crippen LogP contribution in [0.15, 0.2) is 40.1 Å². The molecule has 0 unspecified atom stereocenters. The average Bonchev–Trinajstić information content (AvgIpc) is 2.73. The summed E-state index contributed by atoms with van der Waals surface area (Å²) >= 11 is 0. The molecule has 2 heterocycles. The highest BCUT2D eigenvalue weighted by Gasteiger charge is 2.14.